The van der Waals surface area contributed by atoms with E-state index in [0.29, 0.717) is 11.6 Å². The maximum Gasteiger partial charge on any atom is 0.263 e. The van der Waals surface area contributed by atoms with E-state index in [9.17, 15) is 0 Å². The Morgan fingerprint density at radius 2 is 1.88 bits per heavy atom. The van der Waals surface area contributed by atoms with Gasteiger partial charge in [0.2, 0.25) is 0 Å². The van der Waals surface area contributed by atoms with Crippen LogP contribution in [0.1, 0.15) is 16.7 Å². The topological polar surface area (TPSA) is 72.3 Å². The van der Waals surface area contributed by atoms with Crippen molar-refractivity contribution in [3.05, 3.63) is 65.4 Å². The normalized spacial score (nSPS) is 10.8. The van der Waals surface area contributed by atoms with E-state index >= 15 is 0 Å². The minimum absolute atomic E-state index is 0.342. The van der Waals surface area contributed by atoms with Crippen LogP contribution in [0.5, 0.6) is 5.75 Å². The van der Waals surface area contributed by atoms with Gasteiger partial charge in [-0.1, -0.05) is 23.8 Å². The molecule has 0 saturated carbocycles. The van der Waals surface area contributed by atoms with E-state index in [-0.39, 0.29) is 0 Å². The van der Waals surface area contributed by atoms with Crippen LogP contribution >= 0.6 is 0 Å². The molecule has 1 N–H and O–H groups in total. The minimum Gasteiger partial charge on any atom is -0.497 e. The number of rotatable bonds is 5. The number of methoxy groups -OCH3 is 1. The van der Waals surface area contributed by atoms with Gasteiger partial charge in [-0.25, -0.2) is 10.4 Å². The molecule has 0 saturated heterocycles. The summed E-state index contributed by atoms with van der Waals surface area (Å²) >= 11 is 0. The fourth-order valence-corrected chi connectivity index (χ4v) is 2.31. The number of benzene rings is 2. The van der Waals surface area contributed by atoms with E-state index in [1.165, 1.54) is 5.56 Å². The van der Waals surface area contributed by atoms with Gasteiger partial charge < -0.3 is 4.74 Å². The Morgan fingerprint density at radius 3 is 2.64 bits per heavy atom. The van der Waals surface area contributed by atoms with Gasteiger partial charge in [-0.15, -0.1) is 5.10 Å². The summed E-state index contributed by atoms with van der Waals surface area (Å²) in [6.07, 6.45) is 3.37. The zero-order valence-corrected chi connectivity index (χ0v) is 14.4. The van der Waals surface area contributed by atoms with Gasteiger partial charge in [0.15, 0.2) is 0 Å². The summed E-state index contributed by atoms with van der Waals surface area (Å²) in [4.78, 5) is 4.43. The molecule has 6 heteroatoms. The summed E-state index contributed by atoms with van der Waals surface area (Å²) < 4.78 is 5.16. The maximum absolute atomic E-state index is 5.16. The third kappa shape index (κ3) is 4.17. The molecule has 2 aromatic carbocycles. The standard InChI is InChI=1S/C19H19N5O/c1-13-4-5-14(2)16(10-13)11-20-23-19-22-18(12-21-24-19)15-6-8-17(25-3)9-7-15/h4-12H,1-3H3,(H,22,23,24). The van der Waals surface area contributed by atoms with Gasteiger partial charge in [-0.05, 0) is 49.2 Å². The van der Waals surface area contributed by atoms with Crippen LogP contribution in [0.4, 0.5) is 5.95 Å². The quantitative estimate of drug-likeness (QED) is 0.570. The Bertz CT molecular complexity index is 891. The Kier molecular flexibility index (Phi) is 4.99. The number of nitrogens with zero attached hydrogens (tertiary/aromatic N) is 4. The number of ether oxygens (including phenoxy) is 1. The van der Waals surface area contributed by atoms with Gasteiger partial charge >= 0.3 is 0 Å². The first-order valence-electron chi connectivity index (χ1n) is 7.86. The van der Waals surface area contributed by atoms with Gasteiger partial charge in [0.25, 0.3) is 5.95 Å². The smallest absolute Gasteiger partial charge is 0.263 e. The van der Waals surface area contributed by atoms with Gasteiger partial charge in [0.05, 0.1) is 25.2 Å². The number of aryl methyl sites for hydroxylation is 2. The molecule has 0 fully saturated rings. The van der Waals surface area contributed by atoms with Crippen molar-refractivity contribution >= 4 is 12.2 Å². The SMILES string of the molecule is COc1ccc(-c2cnnc(NN=Cc3cc(C)ccc3C)n2)cc1. The molecule has 3 rings (SSSR count). The van der Waals surface area contributed by atoms with Gasteiger partial charge in [-0.2, -0.15) is 10.2 Å². The molecule has 25 heavy (non-hydrogen) atoms. The Labute approximate surface area is 146 Å². The number of hydrazone groups is 1. The number of aromatic nitrogens is 3. The van der Waals surface area contributed by atoms with E-state index in [1.807, 2.05) is 31.2 Å². The molecule has 0 unspecified atom stereocenters. The van der Waals surface area contributed by atoms with Crippen molar-refractivity contribution in [3.8, 4) is 17.0 Å². The summed E-state index contributed by atoms with van der Waals surface area (Å²) in [5.74, 6) is 1.14. The number of hydrogen-bond acceptors (Lipinski definition) is 6. The van der Waals surface area contributed by atoms with Gasteiger partial charge in [0, 0.05) is 5.56 Å². The van der Waals surface area contributed by atoms with E-state index in [4.69, 9.17) is 4.74 Å². The fraction of sp³-hybridized carbons (Fsp3) is 0.158. The molecule has 0 spiro atoms. The van der Waals surface area contributed by atoms with Crippen LogP contribution in [0.15, 0.2) is 53.8 Å². The van der Waals surface area contributed by atoms with Crippen LogP contribution in [0, 0.1) is 13.8 Å². The molecule has 3 aromatic rings. The molecular formula is C19H19N5O. The molecule has 0 amide bonds. The second-order valence-corrected chi connectivity index (χ2v) is 5.62. The Hall–Kier alpha value is -3.28. The van der Waals surface area contributed by atoms with Crippen molar-refractivity contribution in [1.29, 1.82) is 0 Å². The van der Waals surface area contributed by atoms with Crippen molar-refractivity contribution in [1.82, 2.24) is 15.2 Å². The first kappa shape index (κ1) is 16.6. The highest BCUT2D eigenvalue weighted by Gasteiger charge is 2.03. The fourth-order valence-electron chi connectivity index (χ4n) is 2.31. The molecule has 0 aliphatic rings. The average Bonchev–Trinajstić information content (AvgIpc) is 2.65. The molecule has 0 bridgehead atoms. The molecular weight excluding hydrogens is 314 g/mol. The lowest BCUT2D eigenvalue weighted by atomic mass is 10.1. The first-order chi connectivity index (χ1) is 12.2. The van der Waals surface area contributed by atoms with Crippen molar-refractivity contribution in [2.24, 2.45) is 5.10 Å². The van der Waals surface area contributed by atoms with Gasteiger partial charge in [-0.3, -0.25) is 0 Å². The van der Waals surface area contributed by atoms with Crippen molar-refractivity contribution in [3.63, 3.8) is 0 Å². The van der Waals surface area contributed by atoms with E-state index in [2.05, 4.69) is 50.8 Å². The highest BCUT2D eigenvalue weighted by atomic mass is 16.5. The van der Waals surface area contributed by atoms with Crippen molar-refractivity contribution in [2.45, 2.75) is 13.8 Å². The highest BCUT2D eigenvalue weighted by molar-refractivity contribution is 5.82. The number of hydrogen-bond donors (Lipinski definition) is 1. The van der Waals surface area contributed by atoms with Crippen molar-refractivity contribution in [2.75, 3.05) is 12.5 Å². The van der Waals surface area contributed by atoms with Gasteiger partial charge in [0.1, 0.15) is 5.75 Å². The predicted octanol–water partition coefficient (Wildman–Crippen LogP) is 3.61. The monoisotopic (exact) mass is 333 g/mol. The third-order valence-corrected chi connectivity index (χ3v) is 3.75. The zero-order valence-electron chi connectivity index (χ0n) is 14.4. The number of anilines is 1. The van der Waals surface area contributed by atoms with E-state index < -0.39 is 0 Å². The Balaban J connectivity index is 1.75. The summed E-state index contributed by atoms with van der Waals surface area (Å²) in [6.45, 7) is 4.10. The molecule has 1 heterocycles. The maximum atomic E-state index is 5.16. The summed E-state index contributed by atoms with van der Waals surface area (Å²) in [5.41, 5.74) is 7.86. The average molecular weight is 333 g/mol. The van der Waals surface area contributed by atoms with E-state index in [1.54, 1.807) is 19.5 Å². The zero-order chi connectivity index (χ0) is 17.6. The summed E-state index contributed by atoms with van der Waals surface area (Å²) in [5, 5.41) is 12.2. The van der Waals surface area contributed by atoms with E-state index in [0.717, 1.165) is 22.4 Å². The second kappa shape index (κ2) is 7.53. The lowest BCUT2D eigenvalue weighted by Gasteiger charge is -2.04. The Morgan fingerprint density at radius 1 is 1.08 bits per heavy atom. The summed E-state index contributed by atoms with van der Waals surface area (Å²) in [7, 11) is 1.64. The lowest BCUT2D eigenvalue weighted by Crippen LogP contribution is -2.00. The molecule has 126 valence electrons. The van der Waals surface area contributed by atoms with Crippen LogP contribution < -0.4 is 10.2 Å². The second-order valence-electron chi connectivity index (χ2n) is 5.62. The largest absolute Gasteiger partial charge is 0.497 e. The molecule has 0 radical (unpaired) electrons. The molecule has 1 aromatic heterocycles. The molecule has 0 atom stereocenters. The summed E-state index contributed by atoms with van der Waals surface area (Å²) in [6, 6.07) is 13.8. The predicted molar refractivity (Wildman–Crippen MR) is 98.9 cm³/mol. The van der Waals surface area contributed by atoms with Crippen LogP contribution in [0.3, 0.4) is 0 Å². The van der Waals surface area contributed by atoms with Crippen LogP contribution in [-0.2, 0) is 0 Å². The molecule has 0 aliphatic heterocycles. The first-order valence-corrected chi connectivity index (χ1v) is 7.86. The highest BCUT2D eigenvalue weighted by Crippen LogP contribution is 2.20. The van der Waals surface area contributed by atoms with Crippen molar-refractivity contribution < 1.29 is 4.74 Å². The van der Waals surface area contributed by atoms with Crippen LogP contribution in [0.2, 0.25) is 0 Å². The molecule has 0 aliphatic carbocycles. The minimum atomic E-state index is 0.342. The third-order valence-electron chi connectivity index (χ3n) is 3.75. The van der Waals surface area contributed by atoms with Crippen LogP contribution in [0.25, 0.3) is 11.3 Å². The lowest BCUT2D eigenvalue weighted by molar-refractivity contribution is 0.415. The molecule has 6 nitrogen and oxygen atoms in total. The number of nitrogens with one attached hydrogen (secondary N) is 1. The van der Waals surface area contributed by atoms with Crippen LogP contribution in [-0.4, -0.2) is 28.5 Å².